The summed E-state index contributed by atoms with van der Waals surface area (Å²) in [5.74, 6) is -1.99. The first-order valence-corrected chi connectivity index (χ1v) is 8.18. The van der Waals surface area contributed by atoms with E-state index in [4.69, 9.17) is 9.47 Å². The van der Waals surface area contributed by atoms with E-state index in [9.17, 15) is 19.2 Å². The summed E-state index contributed by atoms with van der Waals surface area (Å²) in [6.45, 7) is 9.58. The number of alkyl carbamates (subject to hydrolysis) is 1. The molecule has 0 fully saturated rings. The Bertz CT molecular complexity index is 516. The van der Waals surface area contributed by atoms with Crippen molar-refractivity contribution < 1.29 is 38.1 Å². The standard InChI is InChI=1S/C17H29NO8/c1-16(2,3)25-12(19)9-8-11(14(21)26-17(4,5)6)18-15(22)24-10-13(20)23-7/h11H,8-10H2,1-7H3,(H,18,22)/t11-/m0/s1. The normalized spacial score (nSPS) is 12.6. The molecule has 9 nitrogen and oxygen atoms in total. The first-order chi connectivity index (χ1) is 11.7. The number of amides is 1. The van der Waals surface area contributed by atoms with E-state index in [0.29, 0.717) is 0 Å². The highest BCUT2D eigenvalue weighted by molar-refractivity contribution is 5.83. The number of ether oxygens (including phenoxy) is 4. The zero-order chi connectivity index (χ0) is 20.5. The Morgan fingerprint density at radius 1 is 0.885 bits per heavy atom. The van der Waals surface area contributed by atoms with E-state index in [1.165, 1.54) is 0 Å². The van der Waals surface area contributed by atoms with Crippen molar-refractivity contribution in [3.63, 3.8) is 0 Å². The molecule has 1 N–H and O–H groups in total. The lowest BCUT2D eigenvalue weighted by Crippen LogP contribution is -2.45. The molecule has 1 amide bonds. The van der Waals surface area contributed by atoms with E-state index >= 15 is 0 Å². The molecule has 1 atom stereocenters. The maximum atomic E-state index is 12.3. The van der Waals surface area contributed by atoms with Crippen molar-refractivity contribution in [2.45, 2.75) is 71.6 Å². The van der Waals surface area contributed by atoms with Gasteiger partial charge in [-0.3, -0.25) is 4.79 Å². The first kappa shape index (κ1) is 23.7. The lowest BCUT2D eigenvalue weighted by Gasteiger charge is -2.25. The summed E-state index contributed by atoms with van der Waals surface area (Å²) in [4.78, 5) is 46.8. The Morgan fingerprint density at radius 3 is 1.88 bits per heavy atom. The smallest absolute Gasteiger partial charge is 0.408 e. The molecular weight excluding hydrogens is 346 g/mol. The van der Waals surface area contributed by atoms with Crippen LogP contribution in [0.15, 0.2) is 0 Å². The van der Waals surface area contributed by atoms with E-state index in [1.807, 2.05) is 0 Å². The van der Waals surface area contributed by atoms with Gasteiger partial charge in [0.15, 0.2) is 6.61 Å². The van der Waals surface area contributed by atoms with Crippen molar-refractivity contribution in [1.29, 1.82) is 0 Å². The van der Waals surface area contributed by atoms with Crippen LogP contribution in [0, 0.1) is 0 Å². The maximum absolute atomic E-state index is 12.3. The van der Waals surface area contributed by atoms with Crippen molar-refractivity contribution in [2.24, 2.45) is 0 Å². The summed E-state index contributed by atoms with van der Waals surface area (Å²) in [6.07, 6.45) is -1.16. The molecule has 0 aromatic rings. The van der Waals surface area contributed by atoms with Gasteiger partial charge < -0.3 is 24.3 Å². The highest BCUT2D eigenvalue weighted by Crippen LogP contribution is 2.13. The number of carbonyl (C=O) groups is 4. The molecule has 0 saturated carbocycles. The predicted octanol–water partition coefficient (Wildman–Crippen LogP) is 1.72. The van der Waals surface area contributed by atoms with Crippen molar-refractivity contribution >= 4 is 24.0 Å². The zero-order valence-electron chi connectivity index (χ0n) is 16.5. The number of esters is 3. The molecule has 0 spiro atoms. The molecule has 0 aliphatic carbocycles. The molecule has 0 heterocycles. The molecule has 0 aromatic heterocycles. The second-order valence-electron chi connectivity index (χ2n) is 7.51. The Morgan fingerprint density at radius 2 is 1.42 bits per heavy atom. The number of hydrogen-bond donors (Lipinski definition) is 1. The average molecular weight is 375 g/mol. The number of nitrogens with one attached hydrogen (secondary N) is 1. The van der Waals surface area contributed by atoms with Gasteiger partial charge in [0, 0.05) is 6.42 Å². The van der Waals surface area contributed by atoms with Gasteiger partial charge >= 0.3 is 24.0 Å². The van der Waals surface area contributed by atoms with Crippen molar-refractivity contribution in [1.82, 2.24) is 5.32 Å². The summed E-state index contributed by atoms with van der Waals surface area (Å²) in [5, 5.41) is 2.29. The van der Waals surface area contributed by atoms with Gasteiger partial charge in [-0.25, -0.2) is 14.4 Å². The third-order valence-electron chi connectivity index (χ3n) is 2.59. The predicted molar refractivity (Wildman–Crippen MR) is 91.2 cm³/mol. The fourth-order valence-corrected chi connectivity index (χ4v) is 1.64. The minimum absolute atomic E-state index is 0.0445. The van der Waals surface area contributed by atoms with Gasteiger partial charge in [0.1, 0.15) is 17.2 Å². The number of carbonyl (C=O) groups excluding carboxylic acids is 4. The van der Waals surface area contributed by atoms with Crippen LogP contribution in [0.4, 0.5) is 4.79 Å². The molecule has 0 aliphatic rings. The molecule has 0 aliphatic heterocycles. The average Bonchev–Trinajstić information content (AvgIpc) is 2.45. The fourth-order valence-electron chi connectivity index (χ4n) is 1.64. The van der Waals surface area contributed by atoms with Crippen LogP contribution in [0.1, 0.15) is 54.4 Å². The largest absolute Gasteiger partial charge is 0.466 e. The van der Waals surface area contributed by atoms with Crippen LogP contribution in [-0.2, 0) is 33.3 Å². The van der Waals surface area contributed by atoms with E-state index < -0.39 is 47.9 Å². The summed E-state index contributed by atoms with van der Waals surface area (Å²) in [5.41, 5.74) is -1.44. The summed E-state index contributed by atoms with van der Waals surface area (Å²) in [7, 11) is 1.15. The summed E-state index contributed by atoms with van der Waals surface area (Å²) < 4.78 is 19.4. The second-order valence-corrected chi connectivity index (χ2v) is 7.51. The Labute approximate surface area is 153 Å². The molecular formula is C17H29NO8. The van der Waals surface area contributed by atoms with E-state index in [2.05, 4.69) is 14.8 Å². The molecule has 0 unspecified atom stereocenters. The monoisotopic (exact) mass is 375 g/mol. The van der Waals surface area contributed by atoms with Crippen molar-refractivity contribution in [3.8, 4) is 0 Å². The Balaban J connectivity index is 4.84. The molecule has 0 aromatic carbocycles. The first-order valence-electron chi connectivity index (χ1n) is 8.18. The van der Waals surface area contributed by atoms with E-state index in [-0.39, 0.29) is 12.8 Å². The third-order valence-corrected chi connectivity index (χ3v) is 2.59. The van der Waals surface area contributed by atoms with E-state index in [0.717, 1.165) is 7.11 Å². The van der Waals surface area contributed by atoms with Crippen LogP contribution < -0.4 is 5.32 Å². The highest BCUT2D eigenvalue weighted by Gasteiger charge is 2.29. The van der Waals surface area contributed by atoms with Crippen LogP contribution in [0.2, 0.25) is 0 Å². The quantitative estimate of drug-likeness (QED) is 0.528. The number of hydrogen-bond acceptors (Lipinski definition) is 8. The van der Waals surface area contributed by atoms with Crippen LogP contribution in [0.5, 0.6) is 0 Å². The molecule has 0 rings (SSSR count). The van der Waals surface area contributed by atoms with Gasteiger partial charge in [0.05, 0.1) is 7.11 Å². The highest BCUT2D eigenvalue weighted by atomic mass is 16.6. The van der Waals surface area contributed by atoms with Crippen molar-refractivity contribution in [3.05, 3.63) is 0 Å². The second kappa shape index (κ2) is 9.98. The van der Waals surface area contributed by atoms with Gasteiger partial charge in [-0.1, -0.05) is 0 Å². The van der Waals surface area contributed by atoms with Crippen molar-refractivity contribution in [2.75, 3.05) is 13.7 Å². The molecule has 9 heteroatoms. The SMILES string of the molecule is COC(=O)COC(=O)N[C@@H](CCC(=O)OC(C)(C)C)C(=O)OC(C)(C)C. The van der Waals surface area contributed by atoms with Crippen LogP contribution in [0.3, 0.4) is 0 Å². The number of rotatable bonds is 7. The lowest BCUT2D eigenvalue weighted by molar-refractivity contribution is -0.158. The topological polar surface area (TPSA) is 117 Å². The molecule has 150 valence electrons. The zero-order valence-corrected chi connectivity index (χ0v) is 16.5. The lowest BCUT2D eigenvalue weighted by atomic mass is 10.1. The molecule has 0 radical (unpaired) electrons. The van der Waals surface area contributed by atoms with Gasteiger partial charge in [-0.05, 0) is 48.0 Å². The summed E-state index contributed by atoms with van der Waals surface area (Å²) in [6, 6.07) is -1.13. The van der Waals surface area contributed by atoms with Gasteiger partial charge in [0.2, 0.25) is 0 Å². The summed E-state index contributed by atoms with van der Waals surface area (Å²) >= 11 is 0. The minimum atomic E-state index is -1.13. The van der Waals surface area contributed by atoms with Crippen LogP contribution in [0.25, 0.3) is 0 Å². The van der Waals surface area contributed by atoms with Gasteiger partial charge in [-0.15, -0.1) is 0 Å². The van der Waals surface area contributed by atoms with Gasteiger partial charge in [-0.2, -0.15) is 0 Å². The van der Waals surface area contributed by atoms with Crippen LogP contribution >= 0.6 is 0 Å². The minimum Gasteiger partial charge on any atom is -0.466 e. The third kappa shape index (κ3) is 12.1. The molecule has 0 saturated heterocycles. The van der Waals surface area contributed by atoms with Crippen LogP contribution in [-0.4, -0.2) is 55.0 Å². The van der Waals surface area contributed by atoms with Gasteiger partial charge in [0.25, 0.3) is 0 Å². The molecule has 0 bridgehead atoms. The number of methoxy groups -OCH3 is 1. The Hall–Kier alpha value is -2.32. The fraction of sp³-hybridized carbons (Fsp3) is 0.765. The maximum Gasteiger partial charge on any atom is 0.408 e. The van der Waals surface area contributed by atoms with E-state index in [1.54, 1.807) is 41.5 Å². The Kier molecular flexibility index (Phi) is 9.09. The molecule has 26 heavy (non-hydrogen) atoms.